The third kappa shape index (κ3) is 2.92. The fraction of sp³-hybridized carbons (Fsp3) is 0.400. The number of hydrogen-bond donors (Lipinski definition) is 1. The summed E-state index contributed by atoms with van der Waals surface area (Å²) < 4.78 is 0. The Labute approximate surface area is 132 Å². The summed E-state index contributed by atoms with van der Waals surface area (Å²) >= 11 is 0. The first-order valence-corrected chi connectivity index (χ1v) is 7.40. The van der Waals surface area contributed by atoms with Crippen LogP contribution in [-0.2, 0) is 16.1 Å². The van der Waals surface area contributed by atoms with E-state index in [1.165, 1.54) is 23.1 Å². The molecule has 2 heterocycles. The van der Waals surface area contributed by atoms with Crippen molar-refractivity contribution in [2.75, 3.05) is 0 Å². The second-order valence-electron chi connectivity index (χ2n) is 4.96. The van der Waals surface area contributed by atoms with Crippen LogP contribution in [0.1, 0.15) is 42.6 Å². The van der Waals surface area contributed by atoms with Gasteiger partial charge in [-0.2, -0.15) is 0 Å². The minimum atomic E-state index is -0.762. The number of benzene rings is 1. The molecule has 8 nitrogen and oxygen atoms in total. The summed E-state index contributed by atoms with van der Waals surface area (Å²) in [6.07, 6.45) is 0.386. The molecule has 122 valence electrons. The number of rotatable bonds is 2. The van der Waals surface area contributed by atoms with Gasteiger partial charge in [0.1, 0.15) is 6.04 Å². The largest absolute Gasteiger partial charge is 0.322 e. The summed E-state index contributed by atoms with van der Waals surface area (Å²) in [5.41, 5.74) is 0.432. The van der Waals surface area contributed by atoms with E-state index >= 15 is 0 Å². The molecule has 3 rings (SSSR count). The van der Waals surface area contributed by atoms with Gasteiger partial charge in [-0.3, -0.25) is 29.8 Å². The molecule has 1 saturated heterocycles. The van der Waals surface area contributed by atoms with Crippen LogP contribution in [0, 0.1) is 10.1 Å². The highest BCUT2D eigenvalue weighted by Crippen LogP contribution is 2.33. The highest BCUT2D eigenvalue weighted by Gasteiger charge is 2.41. The Hall–Kier alpha value is -2.77. The maximum Gasteiger partial charge on any atom is 0.275 e. The van der Waals surface area contributed by atoms with Gasteiger partial charge >= 0.3 is 0 Å². The number of fused-ring (bicyclic) bond motifs is 1. The van der Waals surface area contributed by atoms with Gasteiger partial charge in [0, 0.05) is 12.5 Å². The number of nitrogens with zero attached hydrogens (tertiary/aromatic N) is 2. The van der Waals surface area contributed by atoms with Crippen LogP contribution in [-0.4, -0.2) is 33.6 Å². The van der Waals surface area contributed by atoms with Crippen LogP contribution in [0.5, 0.6) is 0 Å². The molecule has 1 aromatic carbocycles. The number of piperidine rings is 1. The number of hydrogen-bond acceptors (Lipinski definition) is 5. The topological polar surface area (TPSA) is 110 Å². The summed E-state index contributed by atoms with van der Waals surface area (Å²) in [5.74, 6) is -1.32. The van der Waals surface area contributed by atoms with Crippen LogP contribution < -0.4 is 5.32 Å². The van der Waals surface area contributed by atoms with Crippen molar-refractivity contribution in [1.29, 1.82) is 0 Å². The molecule has 2 aliphatic rings. The molecule has 23 heavy (non-hydrogen) atoms. The summed E-state index contributed by atoms with van der Waals surface area (Å²) in [6.45, 7) is 4.01. The SMILES string of the molecule is CC.O=C1CCC(N2Cc3c(cccc3[N+](=O)[O-])C2=O)C(=O)N1. The molecule has 1 atom stereocenters. The van der Waals surface area contributed by atoms with E-state index < -0.39 is 22.8 Å². The van der Waals surface area contributed by atoms with Gasteiger partial charge in [0.05, 0.1) is 22.6 Å². The van der Waals surface area contributed by atoms with E-state index in [4.69, 9.17) is 0 Å². The number of nitro groups is 1. The number of nitro benzene ring substituents is 1. The van der Waals surface area contributed by atoms with Crippen molar-refractivity contribution in [3.05, 3.63) is 39.4 Å². The van der Waals surface area contributed by atoms with Crippen molar-refractivity contribution in [2.24, 2.45) is 0 Å². The first-order valence-electron chi connectivity index (χ1n) is 7.40. The molecule has 2 aliphatic heterocycles. The fourth-order valence-corrected chi connectivity index (χ4v) is 2.74. The van der Waals surface area contributed by atoms with Crippen molar-refractivity contribution >= 4 is 23.4 Å². The Bertz CT molecular complexity index is 686. The number of amides is 3. The van der Waals surface area contributed by atoms with Gasteiger partial charge in [-0.25, -0.2) is 0 Å². The van der Waals surface area contributed by atoms with Crippen molar-refractivity contribution in [3.8, 4) is 0 Å². The van der Waals surface area contributed by atoms with Gasteiger partial charge in [0.2, 0.25) is 11.8 Å². The minimum absolute atomic E-state index is 0.0115. The lowest BCUT2D eigenvalue weighted by molar-refractivity contribution is -0.385. The van der Waals surface area contributed by atoms with E-state index in [0.717, 1.165) is 0 Å². The number of carbonyl (C=O) groups is 3. The summed E-state index contributed by atoms with van der Waals surface area (Å²) in [7, 11) is 0. The van der Waals surface area contributed by atoms with E-state index in [1.54, 1.807) is 0 Å². The minimum Gasteiger partial charge on any atom is -0.322 e. The molecule has 1 aromatic rings. The van der Waals surface area contributed by atoms with Crippen LogP contribution in [0.4, 0.5) is 5.69 Å². The van der Waals surface area contributed by atoms with Crippen LogP contribution in [0.15, 0.2) is 18.2 Å². The predicted molar refractivity (Wildman–Crippen MR) is 80.5 cm³/mol. The van der Waals surface area contributed by atoms with Gasteiger partial charge in [-0.05, 0) is 12.5 Å². The standard InChI is InChI=1S/C13H11N3O5.C2H6/c17-11-5-4-10(12(18)14-11)15-6-8-7(13(15)19)2-1-3-9(8)16(20)21;1-2/h1-3,10H,4-6H2,(H,14,17,18);1-2H3. The summed E-state index contributed by atoms with van der Waals surface area (Å²) in [5, 5.41) is 13.2. The van der Waals surface area contributed by atoms with Crippen LogP contribution in [0.25, 0.3) is 0 Å². The zero-order valence-electron chi connectivity index (χ0n) is 12.9. The summed E-state index contributed by atoms with van der Waals surface area (Å²) in [6, 6.07) is 3.53. The molecular weight excluding hydrogens is 302 g/mol. The predicted octanol–water partition coefficient (Wildman–Crippen LogP) is 1.38. The molecule has 0 radical (unpaired) electrons. The van der Waals surface area contributed by atoms with Crippen LogP contribution in [0.3, 0.4) is 0 Å². The molecule has 8 heteroatoms. The Morgan fingerprint density at radius 3 is 2.57 bits per heavy atom. The zero-order chi connectivity index (χ0) is 17.1. The first kappa shape index (κ1) is 16.6. The van der Waals surface area contributed by atoms with Crippen molar-refractivity contribution < 1.29 is 19.3 Å². The Morgan fingerprint density at radius 2 is 1.96 bits per heavy atom. The smallest absolute Gasteiger partial charge is 0.275 e. The third-order valence-electron chi connectivity index (χ3n) is 3.75. The quantitative estimate of drug-likeness (QED) is 0.503. The highest BCUT2D eigenvalue weighted by molar-refractivity contribution is 6.05. The first-order chi connectivity index (χ1) is 11.0. The normalized spacial score (nSPS) is 19.7. The average Bonchev–Trinajstić information content (AvgIpc) is 2.86. The van der Waals surface area contributed by atoms with Gasteiger partial charge < -0.3 is 4.90 Å². The molecule has 0 aliphatic carbocycles. The third-order valence-corrected chi connectivity index (χ3v) is 3.75. The van der Waals surface area contributed by atoms with E-state index in [1.807, 2.05) is 13.8 Å². The molecule has 0 aromatic heterocycles. The molecular formula is C15H17N3O5. The van der Waals surface area contributed by atoms with Crippen molar-refractivity contribution in [1.82, 2.24) is 10.2 Å². The monoisotopic (exact) mass is 319 g/mol. The van der Waals surface area contributed by atoms with Gasteiger partial charge in [-0.15, -0.1) is 0 Å². The van der Waals surface area contributed by atoms with Gasteiger partial charge in [0.25, 0.3) is 11.6 Å². The number of nitrogens with one attached hydrogen (secondary N) is 1. The van der Waals surface area contributed by atoms with Crippen molar-refractivity contribution in [3.63, 3.8) is 0 Å². The summed E-state index contributed by atoms with van der Waals surface area (Å²) in [4.78, 5) is 47.1. The number of carbonyl (C=O) groups excluding carboxylic acids is 3. The van der Waals surface area contributed by atoms with Gasteiger partial charge in [-0.1, -0.05) is 19.9 Å². The second-order valence-corrected chi connectivity index (χ2v) is 4.96. The maximum absolute atomic E-state index is 12.3. The highest BCUT2D eigenvalue weighted by atomic mass is 16.6. The lowest BCUT2D eigenvalue weighted by Gasteiger charge is -2.29. The van der Waals surface area contributed by atoms with E-state index in [9.17, 15) is 24.5 Å². The maximum atomic E-state index is 12.3. The van der Waals surface area contributed by atoms with Crippen LogP contribution >= 0.6 is 0 Å². The zero-order valence-corrected chi connectivity index (χ0v) is 12.9. The number of imide groups is 1. The lowest BCUT2D eigenvalue weighted by Crippen LogP contribution is -2.52. The molecule has 1 fully saturated rings. The van der Waals surface area contributed by atoms with Crippen LogP contribution in [0.2, 0.25) is 0 Å². The Balaban J connectivity index is 0.000000924. The molecule has 1 N–H and O–H groups in total. The van der Waals surface area contributed by atoms with Crippen molar-refractivity contribution in [2.45, 2.75) is 39.3 Å². The van der Waals surface area contributed by atoms with E-state index in [2.05, 4.69) is 5.32 Å². The molecule has 0 saturated carbocycles. The Kier molecular flexibility index (Phi) is 4.73. The van der Waals surface area contributed by atoms with E-state index in [-0.39, 0.29) is 36.5 Å². The molecule has 3 amide bonds. The second kappa shape index (κ2) is 6.55. The fourth-order valence-electron chi connectivity index (χ4n) is 2.74. The lowest BCUT2D eigenvalue weighted by atomic mass is 10.0. The Morgan fingerprint density at radius 1 is 1.26 bits per heavy atom. The van der Waals surface area contributed by atoms with Gasteiger partial charge in [0.15, 0.2) is 0 Å². The average molecular weight is 319 g/mol. The molecule has 0 spiro atoms. The van der Waals surface area contributed by atoms with E-state index in [0.29, 0.717) is 5.56 Å². The molecule has 0 bridgehead atoms. The molecule has 1 unspecified atom stereocenters.